The number of ether oxygens (including phenoxy) is 1. The van der Waals surface area contributed by atoms with E-state index in [1.54, 1.807) is 6.26 Å². The molecule has 0 spiro atoms. The minimum absolute atomic E-state index is 0.121. The molecule has 5 heteroatoms. The Morgan fingerprint density at radius 1 is 1.32 bits per heavy atom. The molecule has 2 aliphatic heterocycles. The molecule has 3 nitrogen and oxygen atoms in total. The molecule has 1 aromatic heterocycles. The monoisotopic (exact) mass is 320 g/mol. The molecule has 3 rings (SSSR count). The topological polar surface area (TPSA) is 27.1 Å². The van der Waals surface area contributed by atoms with E-state index in [4.69, 9.17) is 4.74 Å². The summed E-state index contributed by atoms with van der Waals surface area (Å²) in [6, 6.07) is 2.09. The number of hydrogen-bond donors (Lipinski definition) is 1. The van der Waals surface area contributed by atoms with E-state index in [9.17, 15) is 0 Å². The summed E-state index contributed by atoms with van der Waals surface area (Å²) in [6.07, 6.45) is 10.6. The van der Waals surface area contributed by atoms with E-state index in [-0.39, 0.29) is 6.23 Å². The van der Waals surface area contributed by atoms with Crippen molar-refractivity contribution in [3.8, 4) is 0 Å². The molecule has 0 aliphatic carbocycles. The predicted molar refractivity (Wildman–Crippen MR) is 101 cm³/mol. The minimum atomic E-state index is 0.121. The van der Waals surface area contributed by atoms with E-state index in [1.165, 1.54) is 24.1 Å². The van der Waals surface area contributed by atoms with Gasteiger partial charge in [0.1, 0.15) is 0 Å². The van der Waals surface area contributed by atoms with Crippen molar-refractivity contribution in [1.82, 2.24) is 9.78 Å². The first kappa shape index (κ1) is 19.2. The predicted octanol–water partition coefficient (Wildman–Crippen LogP) is 4.11. The number of thiol groups is 1. The Balaban J connectivity index is 0.000000561. The van der Waals surface area contributed by atoms with Crippen molar-refractivity contribution in [1.29, 1.82) is 0 Å². The van der Waals surface area contributed by atoms with Crippen LogP contribution < -0.4 is 0 Å². The molecule has 0 bridgehead atoms. The molecule has 2 unspecified atom stereocenters. The second kappa shape index (κ2) is 10.8. The van der Waals surface area contributed by atoms with E-state index >= 15 is 0 Å². The smallest absolute Gasteiger partial charge is 0.0215 e. The average molecular weight is 320 g/mol. The van der Waals surface area contributed by atoms with Crippen LogP contribution in [0.25, 0.3) is 5.57 Å². The number of allylic oxidation sites excluding steroid dienone is 2. The Hall–Kier alpha value is -0.805. The summed E-state index contributed by atoms with van der Waals surface area (Å²) < 4.78 is 7.88. The second-order valence-electron chi connectivity index (χ2n) is 5.22. The van der Waals surface area contributed by atoms with Crippen LogP contribution in [-0.2, 0) is 4.74 Å². The van der Waals surface area contributed by atoms with Crippen molar-refractivity contribution in [2.45, 2.75) is 52.6 Å². The number of aromatic nitrogens is 2. The number of hydrogen-bond acceptors (Lipinski definition) is 3. The molecular weight excluding hydrogens is 291 g/mol. The summed E-state index contributed by atoms with van der Waals surface area (Å²) in [5.74, 6) is 2.82. The van der Waals surface area contributed by atoms with Gasteiger partial charge in [-0.15, -0.1) is 0 Å². The molecule has 0 amide bonds. The maximum Gasteiger partial charge on any atom is -0.0215 e. The van der Waals surface area contributed by atoms with Crippen LogP contribution in [0.4, 0.5) is 0 Å². The molecule has 1 fully saturated rings. The van der Waals surface area contributed by atoms with E-state index in [2.05, 4.69) is 49.7 Å². The Morgan fingerprint density at radius 2 is 2.09 bits per heavy atom. The molecule has 0 N–H and O–H groups in total. The van der Waals surface area contributed by atoms with Crippen molar-refractivity contribution in [2.75, 3.05) is 12.9 Å². The maximum absolute atomic E-state index is 5.83. The van der Waals surface area contributed by atoms with Crippen LogP contribution in [0.3, 0.4) is 0 Å². The Bertz CT molecular complexity index is 479. The quantitative estimate of drug-likeness (QED) is 0.656. The van der Waals surface area contributed by atoms with Gasteiger partial charge in [-0.2, -0.15) is 12.6 Å². The zero-order chi connectivity index (χ0) is 16.4. The van der Waals surface area contributed by atoms with E-state index in [1.807, 2.05) is 24.7 Å². The van der Waals surface area contributed by atoms with Gasteiger partial charge in [0.15, 0.2) is 0 Å². The van der Waals surface area contributed by atoms with Crippen molar-refractivity contribution in [3.05, 3.63) is 24.0 Å². The van der Waals surface area contributed by atoms with E-state index < -0.39 is 0 Å². The van der Waals surface area contributed by atoms with Gasteiger partial charge in [0.2, 0.25) is 0 Å². The Labute approximate surface area is 141 Å². The van der Waals surface area contributed by atoms with Crippen LogP contribution in [0, 0.1) is 5.92 Å². The minimum Gasteiger partial charge on any atom is -0.183 e. The van der Waals surface area contributed by atoms with Gasteiger partial charge in [-0.1, -0.05) is 13.8 Å². The van der Waals surface area contributed by atoms with E-state index in [0.717, 1.165) is 19.3 Å². The summed E-state index contributed by atoms with van der Waals surface area (Å²) in [4.78, 5) is 0. The standard InChI is InChI=1S/C14H19BN2O.C2H6.CH4S/c1-11-8-12(10-15-9-11)13-5-6-16-17(13)14-4-2-3-7-18-14;2*1-2/h5-6,8,10-11,14H,2-4,7,9H2,1H3;1-2H3;2H,1H3. The Kier molecular flexibility index (Phi) is 9.48. The molecule has 2 aliphatic rings. The van der Waals surface area contributed by atoms with E-state index in [0.29, 0.717) is 5.92 Å². The van der Waals surface area contributed by atoms with Crippen molar-refractivity contribution >= 4 is 31.1 Å². The third kappa shape index (κ3) is 5.13. The zero-order valence-electron chi connectivity index (χ0n) is 14.3. The largest absolute Gasteiger partial charge is 0.183 e. The van der Waals surface area contributed by atoms with Crippen LogP contribution in [0.1, 0.15) is 52.0 Å². The van der Waals surface area contributed by atoms with Crippen LogP contribution in [-0.4, -0.2) is 35.5 Å². The zero-order valence-corrected chi connectivity index (χ0v) is 15.2. The molecule has 0 saturated carbocycles. The fourth-order valence-corrected chi connectivity index (χ4v) is 2.70. The van der Waals surface area contributed by atoms with Crippen molar-refractivity contribution in [3.63, 3.8) is 0 Å². The van der Waals surface area contributed by atoms with Gasteiger partial charge >= 0.3 is 108 Å². The molecule has 2 atom stereocenters. The summed E-state index contributed by atoms with van der Waals surface area (Å²) in [5, 5.41) is 4.46. The Morgan fingerprint density at radius 3 is 2.73 bits per heavy atom. The molecule has 1 saturated heterocycles. The fourth-order valence-electron chi connectivity index (χ4n) is 2.70. The fraction of sp³-hybridized carbons (Fsp3) is 0.647. The van der Waals surface area contributed by atoms with Crippen LogP contribution in [0.2, 0.25) is 6.32 Å². The van der Waals surface area contributed by atoms with Crippen LogP contribution in [0.5, 0.6) is 0 Å². The summed E-state index contributed by atoms with van der Waals surface area (Å²) in [5.41, 5.74) is 2.46. The maximum atomic E-state index is 5.83. The number of nitrogens with zero attached hydrogens (tertiary/aromatic N) is 2. The summed E-state index contributed by atoms with van der Waals surface area (Å²) in [6.45, 7) is 9.36. The van der Waals surface area contributed by atoms with Gasteiger partial charge < -0.3 is 0 Å². The van der Waals surface area contributed by atoms with Crippen LogP contribution in [0.15, 0.2) is 18.3 Å². The second-order valence-corrected chi connectivity index (χ2v) is 5.22. The first-order valence-electron chi connectivity index (χ1n) is 8.33. The van der Waals surface area contributed by atoms with Gasteiger partial charge in [-0.25, -0.2) is 0 Å². The molecule has 0 radical (unpaired) electrons. The average Bonchev–Trinajstić information content (AvgIpc) is 3.09. The first-order chi connectivity index (χ1) is 10.8. The third-order valence-corrected chi connectivity index (χ3v) is 3.66. The first-order valence-corrected chi connectivity index (χ1v) is 9.22. The molecule has 3 heterocycles. The van der Waals surface area contributed by atoms with Crippen molar-refractivity contribution in [2.24, 2.45) is 5.92 Å². The SMILES string of the molecule is CC.CC1C=C(c2ccnn2C2CCCCO2)C=BC1.CS. The number of rotatable bonds is 2. The summed E-state index contributed by atoms with van der Waals surface area (Å²) in [7, 11) is 0. The molecule has 122 valence electrons. The molecule has 22 heavy (non-hydrogen) atoms. The van der Waals surface area contributed by atoms with Crippen LogP contribution >= 0.6 is 12.6 Å². The molecular formula is C17H29BN2OS. The molecule has 1 aromatic rings. The molecule has 0 aromatic carbocycles. The van der Waals surface area contributed by atoms with Gasteiger partial charge in [0.25, 0.3) is 0 Å². The third-order valence-electron chi connectivity index (χ3n) is 3.66. The van der Waals surface area contributed by atoms with Gasteiger partial charge in [0, 0.05) is 0 Å². The summed E-state index contributed by atoms with van der Waals surface area (Å²) >= 11 is 3.53. The van der Waals surface area contributed by atoms with Crippen molar-refractivity contribution < 1.29 is 4.74 Å². The van der Waals surface area contributed by atoms with Gasteiger partial charge in [0.05, 0.1) is 0 Å². The van der Waals surface area contributed by atoms with Gasteiger partial charge in [-0.3, -0.25) is 0 Å². The van der Waals surface area contributed by atoms with Gasteiger partial charge in [-0.05, 0) is 6.26 Å². The normalized spacial score (nSPS) is 23.2.